The zero-order chi connectivity index (χ0) is 13.3. The van der Waals surface area contributed by atoms with E-state index in [4.69, 9.17) is 9.47 Å². The number of benzene rings is 1. The van der Waals surface area contributed by atoms with Crippen LogP contribution in [0.4, 0.5) is 0 Å². The van der Waals surface area contributed by atoms with E-state index in [0.29, 0.717) is 17.1 Å². The Morgan fingerprint density at radius 3 is 2.74 bits per heavy atom. The van der Waals surface area contributed by atoms with E-state index in [2.05, 4.69) is 11.4 Å². The van der Waals surface area contributed by atoms with E-state index in [1.54, 1.807) is 18.2 Å². The number of nitrogens with one attached hydrogen (secondary N) is 1. The molecular formula is C14H14N2O3. The summed E-state index contributed by atoms with van der Waals surface area (Å²) in [7, 11) is 0. The van der Waals surface area contributed by atoms with E-state index in [1.165, 1.54) is 0 Å². The molecule has 0 atom stereocenters. The second-order valence-corrected chi connectivity index (χ2v) is 4.92. The monoisotopic (exact) mass is 258 g/mol. The third-order valence-electron chi connectivity index (χ3n) is 3.66. The summed E-state index contributed by atoms with van der Waals surface area (Å²) in [5.41, 5.74) is -0.209. The molecule has 0 saturated heterocycles. The first-order valence-electron chi connectivity index (χ1n) is 6.36. The maximum Gasteiger partial charge on any atom is 0.252 e. The summed E-state index contributed by atoms with van der Waals surface area (Å²) in [6, 6.07) is 7.29. The highest BCUT2D eigenvalue weighted by Crippen LogP contribution is 2.33. The fraction of sp³-hybridized carbons (Fsp3) is 0.429. The first-order chi connectivity index (χ1) is 9.22. The molecule has 1 heterocycles. The van der Waals surface area contributed by atoms with Crippen molar-refractivity contribution in [2.24, 2.45) is 0 Å². The summed E-state index contributed by atoms with van der Waals surface area (Å²) in [4.78, 5) is 12.2. The van der Waals surface area contributed by atoms with E-state index in [9.17, 15) is 10.1 Å². The Bertz CT molecular complexity index is 556. The van der Waals surface area contributed by atoms with E-state index in [1.807, 2.05) is 0 Å². The second-order valence-electron chi connectivity index (χ2n) is 4.92. The molecule has 2 aliphatic rings. The maximum atomic E-state index is 12.2. The van der Waals surface area contributed by atoms with Gasteiger partial charge < -0.3 is 14.8 Å². The van der Waals surface area contributed by atoms with Crippen LogP contribution in [0.1, 0.15) is 36.0 Å². The molecule has 19 heavy (non-hydrogen) atoms. The first kappa shape index (κ1) is 11.8. The normalized spacial score (nSPS) is 18.9. The Hall–Kier alpha value is -2.22. The van der Waals surface area contributed by atoms with Crippen molar-refractivity contribution in [2.45, 2.75) is 31.2 Å². The minimum absolute atomic E-state index is 0.183. The summed E-state index contributed by atoms with van der Waals surface area (Å²) in [6.45, 7) is 0.183. The fourth-order valence-corrected chi connectivity index (χ4v) is 2.57. The zero-order valence-corrected chi connectivity index (χ0v) is 10.4. The van der Waals surface area contributed by atoms with E-state index >= 15 is 0 Å². The van der Waals surface area contributed by atoms with Gasteiger partial charge in [-0.1, -0.05) is 0 Å². The lowest BCUT2D eigenvalue weighted by Gasteiger charge is -2.21. The number of amides is 1. The van der Waals surface area contributed by atoms with Crippen LogP contribution in [0.2, 0.25) is 0 Å². The zero-order valence-electron chi connectivity index (χ0n) is 10.4. The Morgan fingerprint density at radius 1 is 1.26 bits per heavy atom. The van der Waals surface area contributed by atoms with Crippen molar-refractivity contribution in [3.8, 4) is 17.6 Å². The Morgan fingerprint density at radius 2 is 2.00 bits per heavy atom. The molecule has 1 aromatic rings. The lowest BCUT2D eigenvalue weighted by atomic mass is 9.99. The van der Waals surface area contributed by atoms with Gasteiger partial charge in [-0.25, -0.2) is 0 Å². The number of carbonyl (C=O) groups excluding carboxylic acids is 1. The van der Waals surface area contributed by atoms with Crippen molar-refractivity contribution >= 4 is 5.91 Å². The Labute approximate surface area is 111 Å². The molecule has 1 aliphatic carbocycles. The molecule has 5 heteroatoms. The number of hydrogen-bond donors (Lipinski definition) is 1. The molecule has 1 fully saturated rings. The van der Waals surface area contributed by atoms with Crippen molar-refractivity contribution < 1.29 is 14.3 Å². The average Bonchev–Trinajstić information content (AvgIpc) is 3.06. The summed E-state index contributed by atoms with van der Waals surface area (Å²) < 4.78 is 10.4. The SMILES string of the molecule is N#CC1(NC(=O)c2ccc3c(c2)OCO3)CCCC1. The standard InChI is InChI=1S/C14H14N2O3/c15-8-14(5-1-2-6-14)16-13(17)10-3-4-11-12(7-10)19-9-18-11/h3-4,7H,1-2,5-6,9H2,(H,16,17). The Balaban J connectivity index is 1.79. The second kappa shape index (κ2) is 4.47. The number of hydrogen-bond acceptors (Lipinski definition) is 4. The number of nitrogens with zero attached hydrogens (tertiary/aromatic N) is 1. The molecule has 1 saturated carbocycles. The van der Waals surface area contributed by atoms with Gasteiger partial charge in [-0.15, -0.1) is 0 Å². The van der Waals surface area contributed by atoms with Crippen molar-refractivity contribution in [1.82, 2.24) is 5.32 Å². The quantitative estimate of drug-likeness (QED) is 0.880. The largest absolute Gasteiger partial charge is 0.454 e. The highest BCUT2D eigenvalue weighted by atomic mass is 16.7. The van der Waals surface area contributed by atoms with Gasteiger partial charge in [-0.05, 0) is 43.9 Å². The lowest BCUT2D eigenvalue weighted by molar-refractivity contribution is 0.0920. The van der Waals surface area contributed by atoms with Gasteiger partial charge in [0.05, 0.1) is 6.07 Å². The number of rotatable bonds is 2. The van der Waals surface area contributed by atoms with Crippen molar-refractivity contribution in [3.63, 3.8) is 0 Å². The number of carbonyl (C=O) groups is 1. The smallest absolute Gasteiger partial charge is 0.252 e. The van der Waals surface area contributed by atoms with Gasteiger partial charge >= 0.3 is 0 Å². The van der Waals surface area contributed by atoms with Crippen LogP contribution in [0.3, 0.4) is 0 Å². The van der Waals surface area contributed by atoms with Crippen LogP contribution in [-0.4, -0.2) is 18.2 Å². The molecule has 98 valence electrons. The number of fused-ring (bicyclic) bond motifs is 1. The van der Waals surface area contributed by atoms with E-state index in [-0.39, 0.29) is 12.7 Å². The first-order valence-corrected chi connectivity index (χ1v) is 6.36. The van der Waals surface area contributed by atoms with Gasteiger partial charge in [0.2, 0.25) is 6.79 Å². The van der Waals surface area contributed by atoms with Crippen molar-refractivity contribution in [1.29, 1.82) is 5.26 Å². The Kier molecular flexibility index (Phi) is 2.79. The molecule has 1 aromatic carbocycles. The molecule has 0 aromatic heterocycles. The molecule has 0 spiro atoms. The minimum atomic E-state index is -0.701. The van der Waals surface area contributed by atoms with E-state index in [0.717, 1.165) is 25.7 Å². The minimum Gasteiger partial charge on any atom is -0.454 e. The van der Waals surface area contributed by atoms with Gasteiger partial charge in [-0.2, -0.15) is 5.26 Å². The molecule has 1 amide bonds. The third kappa shape index (κ3) is 2.10. The highest BCUT2D eigenvalue weighted by Gasteiger charge is 2.35. The summed E-state index contributed by atoms with van der Waals surface area (Å²) >= 11 is 0. The number of ether oxygens (including phenoxy) is 2. The summed E-state index contributed by atoms with van der Waals surface area (Å²) in [5.74, 6) is 0.985. The maximum absolute atomic E-state index is 12.2. The van der Waals surface area contributed by atoms with Crippen molar-refractivity contribution in [3.05, 3.63) is 23.8 Å². The van der Waals surface area contributed by atoms with Crippen molar-refractivity contribution in [2.75, 3.05) is 6.79 Å². The van der Waals surface area contributed by atoms with Crippen LogP contribution in [-0.2, 0) is 0 Å². The van der Waals surface area contributed by atoms with Gasteiger partial charge in [-0.3, -0.25) is 4.79 Å². The van der Waals surface area contributed by atoms with Crippen LogP contribution < -0.4 is 14.8 Å². The topological polar surface area (TPSA) is 71.4 Å². The predicted octanol–water partition coefficient (Wildman–Crippen LogP) is 1.98. The van der Waals surface area contributed by atoms with E-state index < -0.39 is 5.54 Å². The lowest BCUT2D eigenvalue weighted by Crippen LogP contribution is -2.45. The molecule has 1 N–H and O–H groups in total. The van der Waals surface area contributed by atoms with Gasteiger partial charge in [0, 0.05) is 5.56 Å². The molecule has 0 radical (unpaired) electrons. The van der Waals surface area contributed by atoms with Gasteiger partial charge in [0.1, 0.15) is 5.54 Å². The van der Waals surface area contributed by atoms with Crippen LogP contribution in [0.25, 0.3) is 0 Å². The summed E-state index contributed by atoms with van der Waals surface area (Å²) in [5, 5.41) is 12.1. The molecule has 5 nitrogen and oxygen atoms in total. The van der Waals surface area contributed by atoms with Gasteiger partial charge in [0.25, 0.3) is 5.91 Å². The van der Waals surface area contributed by atoms with Crippen LogP contribution in [0.5, 0.6) is 11.5 Å². The molecule has 0 unspecified atom stereocenters. The molecule has 0 bridgehead atoms. The molecular weight excluding hydrogens is 244 g/mol. The fourth-order valence-electron chi connectivity index (χ4n) is 2.57. The van der Waals surface area contributed by atoms with Crippen LogP contribution in [0, 0.1) is 11.3 Å². The predicted molar refractivity (Wildman–Crippen MR) is 66.8 cm³/mol. The third-order valence-corrected chi connectivity index (χ3v) is 3.66. The molecule has 1 aliphatic heterocycles. The average molecular weight is 258 g/mol. The molecule has 3 rings (SSSR count). The highest BCUT2D eigenvalue weighted by molar-refractivity contribution is 5.95. The van der Waals surface area contributed by atoms with Crippen LogP contribution in [0.15, 0.2) is 18.2 Å². The van der Waals surface area contributed by atoms with Gasteiger partial charge in [0.15, 0.2) is 11.5 Å². The number of nitriles is 1. The summed E-state index contributed by atoms with van der Waals surface area (Å²) in [6.07, 6.45) is 3.41. The van der Waals surface area contributed by atoms with Crippen LogP contribution >= 0.6 is 0 Å².